The standard InChI is InChI=1S/C11H10N2O3/c1-9(6-12-7-14)16-11-5-3-2-4-10(11)13-8-15/h2-5,9H,6H2,1H3. The van der Waals surface area contributed by atoms with Gasteiger partial charge in [0.1, 0.15) is 17.5 Å². The lowest BCUT2D eigenvalue weighted by Gasteiger charge is -2.12. The SMILES string of the molecule is CC(CN=C=O)Oc1ccccc1N=C=O. The molecule has 0 aliphatic carbocycles. The van der Waals surface area contributed by atoms with E-state index in [1.54, 1.807) is 31.2 Å². The fourth-order valence-electron chi connectivity index (χ4n) is 1.12. The van der Waals surface area contributed by atoms with Crippen LogP contribution in [0.3, 0.4) is 0 Å². The van der Waals surface area contributed by atoms with Crippen LogP contribution in [0.5, 0.6) is 5.75 Å². The maximum absolute atomic E-state index is 10.2. The van der Waals surface area contributed by atoms with Crippen molar-refractivity contribution in [2.75, 3.05) is 6.54 Å². The molecule has 0 saturated heterocycles. The maximum atomic E-state index is 10.2. The van der Waals surface area contributed by atoms with Crippen LogP contribution in [0.25, 0.3) is 0 Å². The van der Waals surface area contributed by atoms with Crippen LogP contribution in [0.15, 0.2) is 34.3 Å². The molecule has 0 spiro atoms. The van der Waals surface area contributed by atoms with Gasteiger partial charge in [0.15, 0.2) is 0 Å². The first-order valence-corrected chi connectivity index (χ1v) is 4.65. The average Bonchev–Trinajstić information content (AvgIpc) is 2.29. The Labute approximate surface area is 92.5 Å². The highest BCUT2D eigenvalue weighted by Gasteiger charge is 2.06. The van der Waals surface area contributed by atoms with Gasteiger partial charge < -0.3 is 4.74 Å². The minimum atomic E-state index is -0.288. The average molecular weight is 218 g/mol. The molecule has 0 heterocycles. The number of isocyanates is 2. The predicted molar refractivity (Wildman–Crippen MR) is 57.3 cm³/mol. The van der Waals surface area contributed by atoms with Crippen molar-refractivity contribution in [3.8, 4) is 5.75 Å². The molecule has 1 aromatic rings. The van der Waals surface area contributed by atoms with Crippen molar-refractivity contribution >= 4 is 17.8 Å². The summed E-state index contributed by atoms with van der Waals surface area (Å²) >= 11 is 0. The topological polar surface area (TPSA) is 68.1 Å². The molecule has 0 aliphatic heterocycles. The molecule has 5 heteroatoms. The lowest BCUT2D eigenvalue weighted by Crippen LogP contribution is -2.15. The van der Waals surface area contributed by atoms with Gasteiger partial charge in [-0.25, -0.2) is 14.6 Å². The molecule has 0 fully saturated rings. The maximum Gasteiger partial charge on any atom is 0.240 e. The second-order valence-electron chi connectivity index (χ2n) is 3.03. The van der Waals surface area contributed by atoms with Crippen molar-refractivity contribution < 1.29 is 14.3 Å². The zero-order chi connectivity index (χ0) is 11.8. The number of benzene rings is 1. The van der Waals surface area contributed by atoms with Gasteiger partial charge in [0.05, 0.1) is 6.54 Å². The first-order valence-electron chi connectivity index (χ1n) is 4.65. The summed E-state index contributed by atoms with van der Waals surface area (Å²) in [7, 11) is 0. The lowest BCUT2D eigenvalue weighted by atomic mass is 10.3. The van der Waals surface area contributed by atoms with E-state index in [2.05, 4.69) is 9.98 Å². The molecule has 1 unspecified atom stereocenters. The van der Waals surface area contributed by atoms with E-state index >= 15 is 0 Å². The number of hydrogen-bond donors (Lipinski definition) is 0. The smallest absolute Gasteiger partial charge is 0.240 e. The minimum Gasteiger partial charge on any atom is -0.486 e. The first kappa shape index (κ1) is 11.9. The zero-order valence-corrected chi connectivity index (χ0v) is 8.71. The van der Waals surface area contributed by atoms with Crippen molar-refractivity contribution in [1.82, 2.24) is 0 Å². The summed E-state index contributed by atoms with van der Waals surface area (Å²) < 4.78 is 5.45. The Morgan fingerprint density at radius 2 is 2.06 bits per heavy atom. The van der Waals surface area contributed by atoms with Crippen molar-refractivity contribution in [3.05, 3.63) is 24.3 Å². The number of hydrogen-bond acceptors (Lipinski definition) is 5. The fraction of sp³-hybridized carbons (Fsp3) is 0.273. The van der Waals surface area contributed by atoms with Crippen LogP contribution in [-0.4, -0.2) is 24.8 Å². The third-order valence-electron chi connectivity index (χ3n) is 1.77. The summed E-state index contributed by atoms with van der Waals surface area (Å²) in [6.45, 7) is 1.96. The van der Waals surface area contributed by atoms with Crippen molar-refractivity contribution in [2.24, 2.45) is 9.98 Å². The Hall–Kier alpha value is -2.22. The number of nitrogens with zero attached hydrogens (tertiary/aromatic N) is 2. The van der Waals surface area contributed by atoms with Gasteiger partial charge in [-0.1, -0.05) is 12.1 Å². The van der Waals surface area contributed by atoms with Crippen LogP contribution in [0.1, 0.15) is 6.92 Å². The highest BCUT2D eigenvalue weighted by molar-refractivity contribution is 5.57. The van der Waals surface area contributed by atoms with E-state index in [0.717, 1.165) is 0 Å². The van der Waals surface area contributed by atoms with Crippen LogP contribution >= 0.6 is 0 Å². The Kier molecular flexibility index (Phi) is 4.67. The van der Waals surface area contributed by atoms with Gasteiger partial charge in [-0.15, -0.1) is 0 Å². The number of para-hydroxylation sites is 2. The summed E-state index contributed by atoms with van der Waals surface area (Å²) in [5, 5.41) is 0. The number of ether oxygens (including phenoxy) is 1. The molecule has 82 valence electrons. The van der Waals surface area contributed by atoms with E-state index in [1.165, 1.54) is 12.2 Å². The molecule has 0 saturated carbocycles. The molecule has 0 N–H and O–H groups in total. The Bertz CT molecular complexity index is 446. The van der Waals surface area contributed by atoms with E-state index in [4.69, 9.17) is 4.74 Å². The second-order valence-corrected chi connectivity index (χ2v) is 3.03. The number of aliphatic imine (C=N–C) groups is 2. The molecule has 16 heavy (non-hydrogen) atoms. The number of carbonyl (C=O) groups excluding carboxylic acids is 2. The van der Waals surface area contributed by atoms with Crippen LogP contribution in [-0.2, 0) is 9.59 Å². The van der Waals surface area contributed by atoms with Gasteiger partial charge in [0.25, 0.3) is 0 Å². The monoisotopic (exact) mass is 218 g/mol. The van der Waals surface area contributed by atoms with E-state index < -0.39 is 0 Å². The highest BCUT2D eigenvalue weighted by Crippen LogP contribution is 2.27. The summed E-state index contributed by atoms with van der Waals surface area (Å²) in [6, 6.07) is 6.80. The van der Waals surface area contributed by atoms with Crippen molar-refractivity contribution in [3.63, 3.8) is 0 Å². The van der Waals surface area contributed by atoms with Gasteiger partial charge in [-0.2, -0.15) is 4.99 Å². The third-order valence-corrected chi connectivity index (χ3v) is 1.77. The summed E-state index contributed by atoms with van der Waals surface area (Å²) in [4.78, 5) is 27.0. The highest BCUT2D eigenvalue weighted by atomic mass is 16.5. The van der Waals surface area contributed by atoms with E-state index in [1.807, 2.05) is 0 Å². The quantitative estimate of drug-likeness (QED) is 0.558. The lowest BCUT2D eigenvalue weighted by molar-refractivity contribution is 0.231. The van der Waals surface area contributed by atoms with Gasteiger partial charge in [0, 0.05) is 0 Å². The number of rotatable bonds is 5. The Morgan fingerprint density at radius 3 is 2.75 bits per heavy atom. The molecule has 0 amide bonds. The normalized spacial score (nSPS) is 10.8. The molecule has 0 aliphatic rings. The Balaban J connectivity index is 2.79. The van der Waals surface area contributed by atoms with E-state index in [9.17, 15) is 9.59 Å². The van der Waals surface area contributed by atoms with Gasteiger partial charge >= 0.3 is 0 Å². The van der Waals surface area contributed by atoms with Gasteiger partial charge in [-0.05, 0) is 19.1 Å². The minimum absolute atomic E-state index is 0.211. The van der Waals surface area contributed by atoms with E-state index in [0.29, 0.717) is 11.4 Å². The molecule has 0 radical (unpaired) electrons. The van der Waals surface area contributed by atoms with Gasteiger partial charge in [-0.3, -0.25) is 0 Å². The molecule has 0 aromatic heterocycles. The van der Waals surface area contributed by atoms with Crippen LogP contribution in [0.2, 0.25) is 0 Å². The van der Waals surface area contributed by atoms with Crippen LogP contribution in [0, 0.1) is 0 Å². The molecular weight excluding hydrogens is 208 g/mol. The molecule has 1 aromatic carbocycles. The summed E-state index contributed by atoms with van der Waals surface area (Å²) in [5.41, 5.74) is 0.402. The Morgan fingerprint density at radius 1 is 1.31 bits per heavy atom. The zero-order valence-electron chi connectivity index (χ0n) is 8.71. The van der Waals surface area contributed by atoms with E-state index in [-0.39, 0.29) is 12.6 Å². The van der Waals surface area contributed by atoms with Crippen LogP contribution < -0.4 is 4.74 Å². The van der Waals surface area contributed by atoms with Crippen LogP contribution in [0.4, 0.5) is 5.69 Å². The first-order chi connectivity index (χ1) is 7.77. The predicted octanol–water partition coefficient (Wildman–Crippen LogP) is 1.76. The molecule has 1 atom stereocenters. The largest absolute Gasteiger partial charge is 0.486 e. The summed E-state index contributed by atoms with van der Waals surface area (Å²) in [6.07, 6.45) is 2.60. The molecule has 5 nitrogen and oxygen atoms in total. The van der Waals surface area contributed by atoms with Gasteiger partial charge in [0.2, 0.25) is 12.2 Å². The summed E-state index contributed by atoms with van der Waals surface area (Å²) in [5.74, 6) is 0.458. The van der Waals surface area contributed by atoms with Crippen molar-refractivity contribution in [2.45, 2.75) is 13.0 Å². The molecular formula is C11H10N2O3. The molecule has 0 bridgehead atoms. The third kappa shape index (κ3) is 3.50. The fourth-order valence-corrected chi connectivity index (χ4v) is 1.12. The second kappa shape index (κ2) is 6.30. The van der Waals surface area contributed by atoms with Crippen molar-refractivity contribution in [1.29, 1.82) is 0 Å². The molecule has 1 rings (SSSR count).